The molecular formula is C22H25N3O4S2. The first-order valence-electron chi connectivity index (χ1n) is 10.2. The third-order valence-electron chi connectivity index (χ3n) is 5.62. The van der Waals surface area contributed by atoms with E-state index in [1.165, 1.54) is 17.4 Å². The van der Waals surface area contributed by atoms with Crippen LogP contribution in [0.2, 0.25) is 0 Å². The lowest BCUT2D eigenvalue weighted by Gasteiger charge is -2.32. The number of nitrogens with zero attached hydrogens (tertiary/aromatic N) is 2. The number of hydrogen-bond donors (Lipinski definition) is 1. The van der Waals surface area contributed by atoms with Crippen LogP contribution in [0.1, 0.15) is 42.1 Å². The van der Waals surface area contributed by atoms with E-state index in [0.717, 1.165) is 35.2 Å². The Bertz CT molecular complexity index is 1240. The molecule has 1 fully saturated rings. The first-order valence-corrected chi connectivity index (χ1v) is 12.4. The first kappa shape index (κ1) is 21.7. The van der Waals surface area contributed by atoms with Crippen molar-refractivity contribution in [3.05, 3.63) is 47.5 Å². The Kier molecular flexibility index (Phi) is 6.00. The maximum atomic E-state index is 13.2. The van der Waals surface area contributed by atoms with Crippen LogP contribution in [0.3, 0.4) is 0 Å². The van der Waals surface area contributed by atoms with E-state index < -0.39 is 10.0 Å². The van der Waals surface area contributed by atoms with Crippen molar-refractivity contribution in [2.75, 3.05) is 19.0 Å². The fraction of sp³-hybridized carbons (Fsp3) is 0.364. The van der Waals surface area contributed by atoms with Crippen LogP contribution in [0.5, 0.6) is 5.75 Å². The van der Waals surface area contributed by atoms with Crippen LogP contribution in [0.15, 0.2) is 41.3 Å². The number of hydrogen-bond acceptors (Lipinski definition) is 6. The minimum Gasteiger partial charge on any atom is -0.497 e. The largest absolute Gasteiger partial charge is 0.497 e. The molecule has 1 unspecified atom stereocenters. The van der Waals surface area contributed by atoms with Gasteiger partial charge in [-0.05, 0) is 62.6 Å². The van der Waals surface area contributed by atoms with Crippen LogP contribution in [0.4, 0.5) is 5.13 Å². The summed E-state index contributed by atoms with van der Waals surface area (Å²) in [6.45, 7) is 4.23. The summed E-state index contributed by atoms with van der Waals surface area (Å²) in [5.41, 5.74) is 1.78. The zero-order valence-electron chi connectivity index (χ0n) is 17.7. The summed E-state index contributed by atoms with van der Waals surface area (Å²) in [7, 11) is -2.06. The van der Waals surface area contributed by atoms with Crippen molar-refractivity contribution in [1.82, 2.24) is 9.29 Å². The zero-order chi connectivity index (χ0) is 22.2. The average molecular weight is 460 g/mol. The monoisotopic (exact) mass is 459 g/mol. The SMILES string of the molecule is COc1ccc2nc(NC(=O)c3cc(S(=O)(=O)N4CCCCC4C)ccc3C)sc2c1. The van der Waals surface area contributed by atoms with Crippen molar-refractivity contribution in [2.24, 2.45) is 0 Å². The molecule has 0 bridgehead atoms. The molecule has 1 atom stereocenters. The molecule has 0 spiro atoms. The second-order valence-corrected chi connectivity index (χ2v) is 10.7. The average Bonchev–Trinajstić information content (AvgIpc) is 3.15. The predicted octanol–water partition coefficient (Wildman–Crippen LogP) is 4.43. The Hall–Kier alpha value is -2.49. The van der Waals surface area contributed by atoms with E-state index in [0.29, 0.717) is 22.8 Å². The van der Waals surface area contributed by atoms with Crippen LogP contribution in [-0.2, 0) is 10.0 Å². The number of rotatable bonds is 5. The summed E-state index contributed by atoms with van der Waals surface area (Å²) in [5, 5.41) is 3.26. The number of aromatic nitrogens is 1. The van der Waals surface area contributed by atoms with Crippen LogP contribution < -0.4 is 10.1 Å². The number of aryl methyl sites for hydroxylation is 1. The fourth-order valence-electron chi connectivity index (χ4n) is 3.82. The molecular weight excluding hydrogens is 434 g/mol. The van der Waals surface area contributed by atoms with Gasteiger partial charge in [-0.25, -0.2) is 13.4 Å². The van der Waals surface area contributed by atoms with Crippen LogP contribution in [0, 0.1) is 6.92 Å². The molecule has 31 heavy (non-hydrogen) atoms. The van der Waals surface area contributed by atoms with E-state index >= 15 is 0 Å². The van der Waals surface area contributed by atoms with E-state index in [1.807, 2.05) is 25.1 Å². The van der Waals surface area contributed by atoms with Crippen molar-refractivity contribution >= 4 is 42.6 Å². The first-order chi connectivity index (χ1) is 14.8. The maximum Gasteiger partial charge on any atom is 0.257 e. The van der Waals surface area contributed by atoms with Gasteiger partial charge in [0.1, 0.15) is 5.75 Å². The Morgan fingerprint density at radius 3 is 2.77 bits per heavy atom. The number of amides is 1. The van der Waals surface area contributed by atoms with E-state index in [4.69, 9.17) is 4.74 Å². The molecule has 3 aromatic rings. The third-order valence-corrected chi connectivity index (χ3v) is 8.56. The minimum absolute atomic E-state index is 0.0444. The summed E-state index contributed by atoms with van der Waals surface area (Å²) in [5.74, 6) is 0.335. The number of piperidine rings is 1. The predicted molar refractivity (Wildman–Crippen MR) is 123 cm³/mol. The van der Waals surface area contributed by atoms with Crippen molar-refractivity contribution in [3.63, 3.8) is 0 Å². The van der Waals surface area contributed by atoms with E-state index in [9.17, 15) is 13.2 Å². The Balaban J connectivity index is 1.61. The van der Waals surface area contributed by atoms with Crippen molar-refractivity contribution in [3.8, 4) is 5.75 Å². The van der Waals surface area contributed by atoms with Gasteiger partial charge in [-0.15, -0.1) is 0 Å². The number of fused-ring (bicyclic) bond motifs is 1. The lowest BCUT2D eigenvalue weighted by molar-refractivity contribution is 0.102. The summed E-state index contributed by atoms with van der Waals surface area (Å²) in [4.78, 5) is 17.6. The highest BCUT2D eigenvalue weighted by molar-refractivity contribution is 7.89. The van der Waals surface area contributed by atoms with Crippen LogP contribution >= 0.6 is 11.3 Å². The Labute approximate surface area is 186 Å². The summed E-state index contributed by atoms with van der Waals surface area (Å²) in [6.07, 6.45) is 2.73. The summed E-state index contributed by atoms with van der Waals surface area (Å²) < 4.78 is 34.1. The molecule has 1 N–H and O–H groups in total. The van der Waals surface area contributed by atoms with E-state index in [-0.39, 0.29) is 16.8 Å². The molecule has 0 radical (unpaired) electrons. The number of sulfonamides is 1. The third kappa shape index (κ3) is 4.30. The number of carbonyl (C=O) groups excluding carboxylic acids is 1. The molecule has 1 aliphatic rings. The summed E-state index contributed by atoms with van der Waals surface area (Å²) in [6, 6.07) is 10.2. The quantitative estimate of drug-likeness (QED) is 0.610. The fourth-order valence-corrected chi connectivity index (χ4v) is 6.44. The van der Waals surface area contributed by atoms with Gasteiger partial charge in [0.25, 0.3) is 5.91 Å². The number of carbonyl (C=O) groups is 1. The van der Waals surface area contributed by atoms with Crippen molar-refractivity contribution in [2.45, 2.75) is 44.0 Å². The number of methoxy groups -OCH3 is 1. The highest BCUT2D eigenvalue weighted by Gasteiger charge is 2.31. The van der Waals surface area contributed by atoms with Crippen molar-refractivity contribution < 1.29 is 17.9 Å². The van der Waals surface area contributed by atoms with Gasteiger partial charge in [0.2, 0.25) is 10.0 Å². The molecule has 1 saturated heterocycles. The van der Waals surface area contributed by atoms with Gasteiger partial charge in [-0.2, -0.15) is 4.31 Å². The highest BCUT2D eigenvalue weighted by Crippen LogP contribution is 2.30. The highest BCUT2D eigenvalue weighted by atomic mass is 32.2. The molecule has 0 aliphatic carbocycles. The van der Waals surface area contributed by atoms with Gasteiger partial charge in [-0.1, -0.05) is 23.8 Å². The second-order valence-electron chi connectivity index (χ2n) is 7.74. The smallest absolute Gasteiger partial charge is 0.257 e. The minimum atomic E-state index is -3.66. The summed E-state index contributed by atoms with van der Waals surface area (Å²) >= 11 is 1.34. The van der Waals surface area contributed by atoms with Crippen LogP contribution in [0.25, 0.3) is 10.2 Å². The molecule has 1 aliphatic heterocycles. The Morgan fingerprint density at radius 1 is 1.23 bits per heavy atom. The van der Waals surface area contributed by atoms with E-state index in [2.05, 4.69) is 10.3 Å². The topological polar surface area (TPSA) is 88.6 Å². The number of thiazole rings is 1. The maximum absolute atomic E-state index is 13.2. The zero-order valence-corrected chi connectivity index (χ0v) is 19.3. The lowest BCUT2D eigenvalue weighted by Crippen LogP contribution is -2.42. The number of nitrogens with one attached hydrogen (secondary N) is 1. The molecule has 4 rings (SSSR count). The van der Waals surface area contributed by atoms with Gasteiger partial charge in [-0.3, -0.25) is 10.1 Å². The molecule has 1 aromatic heterocycles. The molecule has 2 aromatic carbocycles. The normalized spacial score (nSPS) is 17.6. The Morgan fingerprint density at radius 2 is 2.03 bits per heavy atom. The lowest BCUT2D eigenvalue weighted by atomic mass is 10.1. The number of benzene rings is 2. The molecule has 7 nitrogen and oxygen atoms in total. The van der Waals surface area contributed by atoms with E-state index in [1.54, 1.807) is 30.5 Å². The molecule has 2 heterocycles. The van der Waals surface area contributed by atoms with Crippen LogP contribution in [-0.4, -0.2) is 43.3 Å². The molecule has 0 saturated carbocycles. The number of anilines is 1. The van der Waals surface area contributed by atoms with Gasteiger partial charge < -0.3 is 4.74 Å². The molecule has 1 amide bonds. The second kappa shape index (κ2) is 8.57. The van der Waals surface area contributed by atoms with Crippen molar-refractivity contribution in [1.29, 1.82) is 0 Å². The van der Waals surface area contributed by atoms with Gasteiger partial charge >= 0.3 is 0 Å². The molecule has 9 heteroatoms. The standard InChI is InChI=1S/C22H25N3O4S2/c1-14-7-9-17(31(27,28)25-11-5-4-6-15(25)2)13-18(14)21(26)24-22-23-19-10-8-16(29-3)12-20(19)30-22/h7-10,12-13,15H,4-6,11H2,1-3H3,(H,23,24,26). The van der Waals surface area contributed by atoms with Gasteiger partial charge in [0, 0.05) is 18.2 Å². The number of ether oxygens (including phenoxy) is 1. The van der Waals surface area contributed by atoms with Gasteiger partial charge in [0.15, 0.2) is 5.13 Å². The molecule has 164 valence electrons. The van der Waals surface area contributed by atoms with Gasteiger partial charge in [0.05, 0.1) is 22.2 Å².